The summed E-state index contributed by atoms with van der Waals surface area (Å²) in [7, 11) is 0. The average Bonchev–Trinajstić information content (AvgIpc) is 2.56. The van der Waals surface area contributed by atoms with Gasteiger partial charge in [-0.05, 0) is 25.9 Å². The van der Waals surface area contributed by atoms with Crippen molar-refractivity contribution < 1.29 is 9.90 Å². The molecule has 1 aromatic rings. The summed E-state index contributed by atoms with van der Waals surface area (Å²) in [4.78, 5) is 18.0. The number of hydrogen-bond acceptors (Lipinski definition) is 4. The molecular formula is C11H16N2O2S. The van der Waals surface area contributed by atoms with Crippen LogP contribution >= 0.6 is 11.3 Å². The lowest BCUT2D eigenvalue weighted by Crippen LogP contribution is -2.23. The van der Waals surface area contributed by atoms with Crippen molar-refractivity contribution in [3.8, 4) is 0 Å². The number of thiazole rings is 1. The third kappa shape index (κ3) is 3.02. The molecule has 1 fully saturated rings. The highest BCUT2D eigenvalue weighted by Gasteiger charge is 2.13. The summed E-state index contributed by atoms with van der Waals surface area (Å²) in [5, 5.41) is 8.98. The second kappa shape index (κ2) is 5.41. The molecule has 1 N–H and O–H groups in total. The van der Waals surface area contributed by atoms with Crippen LogP contribution in [-0.2, 0) is 6.54 Å². The summed E-state index contributed by atoms with van der Waals surface area (Å²) in [6.07, 6.45) is 6.84. The predicted molar refractivity (Wildman–Crippen MR) is 62.8 cm³/mol. The number of likely N-dealkylation sites (tertiary alicyclic amines) is 1. The van der Waals surface area contributed by atoms with Crippen LogP contribution in [0.15, 0.2) is 6.20 Å². The van der Waals surface area contributed by atoms with E-state index >= 15 is 0 Å². The van der Waals surface area contributed by atoms with Crippen LogP contribution in [0.3, 0.4) is 0 Å². The van der Waals surface area contributed by atoms with Gasteiger partial charge in [-0.15, -0.1) is 11.3 Å². The Labute approximate surface area is 98.9 Å². The van der Waals surface area contributed by atoms with Crippen molar-refractivity contribution >= 4 is 17.3 Å². The molecule has 0 saturated carbocycles. The molecule has 0 unspecified atom stereocenters. The number of hydrogen-bond donors (Lipinski definition) is 1. The number of rotatable bonds is 3. The van der Waals surface area contributed by atoms with E-state index in [1.54, 1.807) is 6.20 Å². The molecule has 0 aliphatic carbocycles. The van der Waals surface area contributed by atoms with Crippen LogP contribution in [0.4, 0.5) is 0 Å². The Morgan fingerprint density at radius 2 is 2.06 bits per heavy atom. The zero-order chi connectivity index (χ0) is 11.4. The SMILES string of the molecule is O=C(O)c1ncc(CN2CCCCCC2)s1. The quantitative estimate of drug-likeness (QED) is 0.880. The maximum Gasteiger partial charge on any atom is 0.365 e. The van der Waals surface area contributed by atoms with Gasteiger partial charge in [0.15, 0.2) is 0 Å². The summed E-state index contributed by atoms with van der Waals surface area (Å²) in [6, 6.07) is 0. The second-order valence-corrected chi connectivity index (χ2v) is 5.24. The van der Waals surface area contributed by atoms with Crippen LogP contribution in [0, 0.1) is 0 Å². The minimum atomic E-state index is -0.924. The van der Waals surface area contributed by atoms with E-state index in [0.717, 1.165) is 24.5 Å². The van der Waals surface area contributed by atoms with Gasteiger partial charge in [0.2, 0.25) is 5.01 Å². The first kappa shape index (κ1) is 11.5. The van der Waals surface area contributed by atoms with Crippen molar-refractivity contribution in [2.24, 2.45) is 0 Å². The standard InChI is InChI=1S/C11H16N2O2S/c14-11(15)10-12-7-9(16-10)8-13-5-3-1-2-4-6-13/h7H,1-6,8H2,(H,14,15). The first-order valence-corrected chi connectivity index (χ1v) is 6.48. The molecule has 0 atom stereocenters. The van der Waals surface area contributed by atoms with Crippen LogP contribution in [-0.4, -0.2) is 34.0 Å². The largest absolute Gasteiger partial charge is 0.476 e. The molecular weight excluding hydrogens is 224 g/mol. The fourth-order valence-corrected chi connectivity index (χ4v) is 2.79. The van der Waals surface area contributed by atoms with E-state index in [1.165, 1.54) is 37.0 Å². The third-order valence-corrected chi connectivity index (χ3v) is 3.78. The first-order chi connectivity index (χ1) is 7.75. The van der Waals surface area contributed by atoms with Crippen molar-refractivity contribution in [2.45, 2.75) is 32.2 Å². The van der Waals surface area contributed by atoms with Gasteiger partial charge in [0.1, 0.15) is 0 Å². The summed E-state index contributed by atoms with van der Waals surface area (Å²) in [6.45, 7) is 3.10. The molecule has 16 heavy (non-hydrogen) atoms. The number of aromatic carboxylic acids is 1. The topological polar surface area (TPSA) is 53.4 Å². The van der Waals surface area contributed by atoms with E-state index in [1.807, 2.05) is 0 Å². The molecule has 0 bridgehead atoms. The van der Waals surface area contributed by atoms with Gasteiger partial charge in [0.05, 0.1) is 0 Å². The van der Waals surface area contributed by atoms with E-state index in [-0.39, 0.29) is 5.01 Å². The highest BCUT2D eigenvalue weighted by molar-refractivity contribution is 7.13. The Kier molecular flexibility index (Phi) is 3.90. The second-order valence-electron chi connectivity index (χ2n) is 4.13. The molecule has 88 valence electrons. The molecule has 0 aromatic carbocycles. The number of aromatic nitrogens is 1. The van der Waals surface area contributed by atoms with Crippen molar-refractivity contribution in [3.63, 3.8) is 0 Å². The zero-order valence-corrected chi connectivity index (χ0v) is 10.0. The van der Waals surface area contributed by atoms with Crippen LogP contribution in [0.5, 0.6) is 0 Å². The molecule has 1 saturated heterocycles. The Balaban J connectivity index is 1.94. The average molecular weight is 240 g/mol. The van der Waals surface area contributed by atoms with E-state index in [0.29, 0.717) is 0 Å². The fraction of sp³-hybridized carbons (Fsp3) is 0.636. The van der Waals surface area contributed by atoms with E-state index in [9.17, 15) is 4.79 Å². The number of nitrogens with zero attached hydrogens (tertiary/aromatic N) is 2. The van der Waals surface area contributed by atoms with Crippen LogP contribution < -0.4 is 0 Å². The van der Waals surface area contributed by atoms with Crippen LogP contribution in [0.1, 0.15) is 40.4 Å². The molecule has 0 amide bonds. The molecule has 0 radical (unpaired) electrons. The van der Waals surface area contributed by atoms with Crippen LogP contribution in [0.25, 0.3) is 0 Å². The summed E-state index contributed by atoms with van der Waals surface area (Å²) in [5.41, 5.74) is 0. The minimum Gasteiger partial charge on any atom is -0.476 e. The maximum absolute atomic E-state index is 10.7. The smallest absolute Gasteiger partial charge is 0.365 e. The van der Waals surface area contributed by atoms with Crippen molar-refractivity contribution in [3.05, 3.63) is 16.1 Å². The Bertz CT molecular complexity index is 357. The van der Waals surface area contributed by atoms with Gasteiger partial charge in [-0.1, -0.05) is 12.8 Å². The number of carboxylic acid groups (broad SMARTS) is 1. The Hall–Kier alpha value is -0.940. The van der Waals surface area contributed by atoms with E-state index in [4.69, 9.17) is 5.11 Å². The predicted octanol–water partition coefficient (Wildman–Crippen LogP) is 2.22. The molecule has 5 heteroatoms. The molecule has 2 rings (SSSR count). The summed E-state index contributed by atoms with van der Waals surface area (Å²) < 4.78 is 0. The molecule has 1 aliphatic heterocycles. The maximum atomic E-state index is 10.7. The van der Waals surface area contributed by atoms with Crippen molar-refractivity contribution in [2.75, 3.05) is 13.1 Å². The minimum absolute atomic E-state index is 0.199. The molecule has 4 nitrogen and oxygen atoms in total. The fourth-order valence-electron chi connectivity index (χ4n) is 1.99. The normalized spacial score (nSPS) is 18.2. The summed E-state index contributed by atoms with van der Waals surface area (Å²) in [5.74, 6) is -0.924. The van der Waals surface area contributed by atoms with E-state index in [2.05, 4.69) is 9.88 Å². The molecule has 0 spiro atoms. The Morgan fingerprint density at radius 3 is 2.62 bits per heavy atom. The molecule has 2 heterocycles. The number of carboxylic acids is 1. The highest BCUT2D eigenvalue weighted by Crippen LogP contribution is 2.18. The van der Waals surface area contributed by atoms with Gasteiger partial charge in [-0.3, -0.25) is 4.90 Å². The van der Waals surface area contributed by atoms with Crippen molar-refractivity contribution in [1.29, 1.82) is 0 Å². The first-order valence-electron chi connectivity index (χ1n) is 5.66. The van der Waals surface area contributed by atoms with Gasteiger partial charge in [-0.2, -0.15) is 0 Å². The lowest BCUT2D eigenvalue weighted by atomic mass is 10.2. The zero-order valence-electron chi connectivity index (χ0n) is 9.19. The van der Waals surface area contributed by atoms with Gasteiger partial charge in [-0.25, -0.2) is 9.78 Å². The van der Waals surface area contributed by atoms with Gasteiger partial charge < -0.3 is 5.11 Å². The number of carbonyl (C=O) groups is 1. The van der Waals surface area contributed by atoms with Crippen molar-refractivity contribution in [1.82, 2.24) is 9.88 Å². The highest BCUT2D eigenvalue weighted by atomic mass is 32.1. The van der Waals surface area contributed by atoms with Crippen LogP contribution in [0.2, 0.25) is 0 Å². The molecule has 1 aromatic heterocycles. The lowest BCUT2D eigenvalue weighted by Gasteiger charge is -2.17. The monoisotopic (exact) mass is 240 g/mol. The molecule has 1 aliphatic rings. The Morgan fingerprint density at radius 1 is 1.38 bits per heavy atom. The van der Waals surface area contributed by atoms with Gasteiger partial charge >= 0.3 is 5.97 Å². The van der Waals surface area contributed by atoms with E-state index < -0.39 is 5.97 Å². The summed E-state index contributed by atoms with van der Waals surface area (Å²) >= 11 is 1.29. The lowest BCUT2D eigenvalue weighted by molar-refractivity contribution is 0.0696. The van der Waals surface area contributed by atoms with Gasteiger partial charge in [0, 0.05) is 17.6 Å². The van der Waals surface area contributed by atoms with Gasteiger partial charge in [0.25, 0.3) is 0 Å². The third-order valence-electron chi connectivity index (χ3n) is 2.81.